The van der Waals surface area contributed by atoms with Crippen LogP contribution in [0.15, 0.2) is 18.2 Å². The third-order valence-corrected chi connectivity index (χ3v) is 4.89. The van der Waals surface area contributed by atoms with Crippen LogP contribution < -0.4 is 11.1 Å². The van der Waals surface area contributed by atoms with Crippen molar-refractivity contribution in [2.45, 2.75) is 38.6 Å². The second-order valence-corrected chi connectivity index (χ2v) is 6.61. The molecule has 0 saturated carbocycles. The maximum Gasteiger partial charge on any atom is 0.224 e. The van der Waals surface area contributed by atoms with Crippen molar-refractivity contribution in [3.05, 3.63) is 34.9 Å². The van der Waals surface area contributed by atoms with Crippen molar-refractivity contribution in [2.24, 2.45) is 11.7 Å². The van der Waals surface area contributed by atoms with Crippen LogP contribution in [0.3, 0.4) is 0 Å². The van der Waals surface area contributed by atoms with Crippen LogP contribution in [0.5, 0.6) is 0 Å². The Kier molecular flexibility index (Phi) is 6.88. The standard InChI is InChI=1S/C18H27N3O.ClH/c19-8-9-20-18(22)17-5-2-10-21(13-17)12-14-6-7-15-3-1-4-16(15)11-14;/h6-7,11,17H,1-5,8-10,12-13,19H2,(H,20,22);1H. The van der Waals surface area contributed by atoms with Crippen LogP contribution in [-0.2, 0) is 24.2 Å². The first-order chi connectivity index (χ1) is 10.8. The number of nitrogens with two attached hydrogens (primary N) is 1. The van der Waals surface area contributed by atoms with Crippen molar-refractivity contribution in [1.29, 1.82) is 0 Å². The van der Waals surface area contributed by atoms with Gasteiger partial charge in [-0.05, 0) is 55.3 Å². The lowest BCUT2D eigenvalue weighted by atomic mass is 9.96. The third-order valence-electron chi connectivity index (χ3n) is 4.89. The van der Waals surface area contributed by atoms with Gasteiger partial charge in [-0.3, -0.25) is 9.69 Å². The molecule has 1 amide bonds. The molecule has 128 valence electrons. The summed E-state index contributed by atoms with van der Waals surface area (Å²) in [4.78, 5) is 14.5. The molecule has 1 aromatic rings. The van der Waals surface area contributed by atoms with Crippen molar-refractivity contribution >= 4 is 18.3 Å². The number of nitrogens with zero attached hydrogens (tertiary/aromatic N) is 1. The molecule has 5 heteroatoms. The Morgan fingerprint density at radius 2 is 2.09 bits per heavy atom. The van der Waals surface area contributed by atoms with Gasteiger partial charge in [0.2, 0.25) is 5.91 Å². The number of nitrogens with one attached hydrogen (secondary N) is 1. The average molecular weight is 338 g/mol. The predicted octanol–water partition coefficient (Wildman–Crippen LogP) is 1.88. The number of amides is 1. The Hall–Kier alpha value is -1.10. The summed E-state index contributed by atoms with van der Waals surface area (Å²) in [5.74, 6) is 0.291. The van der Waals surface area contributed by atoms with Gasteiger partial charge in [-0.15, -0.1) is 12.4 Å². The summed E-state index contributed by atoms with van der Waals surface area (Å²) >= 11 is 0. The summed E-state index contributed by atoms with van der Waals surface area (Å²) in [6.45, 7) is 4.02. The molecule has 3 N–H and O–H groups in total. The molecule has 1 heterocycles. The van der Waals surface area contributed by atoms with E-state index in [2.05, 4.69) is 28.4 Å². The van der Waals surface area contributed by atoms with Gasteiger partial charge in [0.1, 0.15) is 0 Å². The number of carbonyl (C=O) groups excluding carboxylic acids is 1. The summed E-state index contributed by atoms with van der Waals surface area (Å²) in [5, 5.41) is 2.93. The fraction of sp³-hybridized carbons (Fsp3) is 0.611. The molecule has 1 aliphatic heterocycles. The van der Waals surface area contributed by atoms with Gasteiger partial charge in [0.05, 0.1) is 5.92 Å². The van der Waals surface area contributed by atoms with Gasteiger partial charge in [-0.2, -0.15) is 0 Å². The van der Waals surface area contributed by atoms with Gasteiger partial charge in [0.25, 0.3) is 0 Å². The Labute approximate surface area is 145 Å². The molecule has 0 aromatic heterocycles. The molecular formula is C18H28ClN3O. The van der Waals surface area contributed by atoms with Gasteiger partial charge < -0.3 is 11.1 Å². The van der Waals surface area contributed by atoms with Crippen molar-refractivity contribution < 1.29 is 4.79 Å². The third kappa shape index (κ3) is 4.69. The van der Waals surface area contributed by atoms with Crippen LogP contribution in [0.1, 0.15) is 36.0 Å². The first-order valence-corrected chi connectivity index (χ1v) is 8.57. The minimum absolute atomic E-state index is 0. The van der Waals surface area contributed by atoms with Gasteiger partial charge in [-0.1, -0.05) is 18.2 Å². The molecule has 23 heavy (non-hydrogen) atoms. The summed E-state index contributed by atoms with van der Waals surface area (Å²) in [7, 11) is 0. The zero-order valence-corrected chi connectivity index (χ0v) is 14.5. The van der Waals surface area contributed by atoms with E-state index in [9.17, 15) is 4.79 Å². The molecule has 1 fully saturated rings. The minimum Gasteiger partial charge on any atom is -0.355 e. The predicted molar refractivity (Wildman–Crippen MR) is 95.8 cm³/mol. The molecular weight excluding hydrogens is 310 g/mol. The number of benzene rings is 1. The van der Waals surface area contributed by atoms with Crippen molar-refractivity contribution in [3.8, 4) is 0 Å². The lowest BCUT2D eigenvalue weighted by Crippen LogP contribution is -2.43. The van der Waals surface area contributed by atoms with Crippen LogP contribution in [0.2, 0.25) is 0 Å². The monoisotopic (exact) mass is 337 g/mol. The molecule has 1 unspecified atom stereocenters. The van der Waals surface area contributed by atoms with Crippen molar-refractivity contribution in [2.75, 3.05) is 26.2 Å². The number of halogens is 1. The Balaban J connectivity index is 0.00000192. The summed E-state index contributed by atoms with van der Waals surface area (Å²) in [5.41, 5.74) is 9.91. The highest BCUT2D eigenvalue weighted by atomic mass is 35.5. The number of hydrogen-bond acceptors (Lipinski definition) is 3. The first kappa shape index (κ1) is 18.2. The fourth-order valence-electron chi connectivity index (χ4n) is 3.73. The van der Waals surface area contributed by atoms with E-state index >= 15 is 0 Å². The van der Waals surface area contributed by atoms with E-state index in [0.717, 1.165) is 32.5 Å². The molecule has 0 spiro atoms. The molecule has 1 atom stereocenters. The second-order valence-electron chi connectivity index (χ2n) is 6.61. The molecule has 1 aliphatic carbocycles. The Morgan fingerprint density at radius 1 is 1.26 bits per heavy atom. The fourth-order valence-corrected chi connectivity index (χ4v) is 3.73. The van der Waals surface area contributed by atoms with Gasteiger partial charge >= 0.3 is 0 Å². The highest BCUT2D eigenvalue weighted by Crippen LogP contribution is 2.24. The normalized spacial score (nSPS) is 20.7. The molecule has 3 rings (SSSR count). The van der Waals surface area contributed by atoms with E-state index in [0.29, 0.717) is 13.1 Å². The number of fused-ring (bicyclic) bond motifs is 1. The summed E-state index contributed by atoms with van der Waals surface area (Å²) in [6, 6.07) is 6.94. The number of hydrogen-bond donors (Lipinski definition) is 2. The summed E-state index contributed by atoms with van der Waals surface area (Å²) < 4.78 is 0. The van der Waals surface area contributed by atoms with Crippen molar-refractivity contribution in [1.82, 2.24) is 10.2 Å². The van der Waals surface area contributed by atoms with Gasteiger partial charge in [-0.25, -0.2) is 0 Å². The molecule has 1 saturated heterocycles. The van der Waals surface area contributed by atoms with E-state index in [1.54, 1.807) is 0 Å². The largest absolute Gasteiger partial charge is 0.355 e. The van der Waals surface area contributed by atoms with E-state index in [1.165, 1.54) is 36.0 Å². The van der Waals surface area contributed by atoms with E-state index < -0.39 is 0 Å². The highest BCUT2D eigenvalue weighted by molar-refractivity contribution is 5.85. The van der Waals surface area contributed by atoms with Crippen LogP contribution >= 0.6 is 12.4 Å². The Bertz CT molecular complexity index is 535. The van der Waals surface area contributed by atoms with E-state index in [4.69, 9.17) is 5.73 Å². The van der Waals surface area contributed by atoms with Gasteiger partial charge in [0.15, 0.2) is 0 Å². The SMILES string of the molecule is Cl.NCCNC(=O)C1CCCN(Cc2ccc3c(c2)CCC3)C1. The molecule has 0 radical (unpaired) electrons. The maximum absolute atomic E-state index is 12.1. The van der Waals surface area contributed by atoms with Crippen LogP contribution in [0, 0.1) is 5.92 Å². The highest BCUT2D eigenvalue weighted by Gasteiger charge is 2.25. The quantitative estimate of drug-likeness (QED) is 0.862. The molecule has 1 aromatic carbocycles. The topological polar surface area (TPSA) is 58.4 Å². The summed E-state index contributed by atoms with van der Waals surface area (Å²) in [6.07, 6.45) is 5.87. The van der Waals surface area contributed by atoms with E-state index in [-0.39, 0.29) is 24.2 Å². The van der Waals surface area contributed by atoms with Crippen LogP contribution in [-0.4, -0.2) is 37.0 Å². The zero-order chi connectivity index (χ0) is 15.4. The average Bonchev–Trinajstić information content (AvgIpc) is 3.00. The number of rotatable bonds is 5. The number of piperidine rings is 1. The zero-order valence-electron chi connectivity index (χ0n) is 13.7. The van der Waals surface area contributed by atoms with Gasteiger partial charge in [0, 0.05) is 26.2 Å². The first-order valence-electron chi connectivity index (χ1n) is 8.57. The molecule has 2 aliphatic rings. The molecule has 4 nitrogen and oxygen atoms in total. The number of carbonyl (C=O) groups is 1. The number of likely N-dealkylation sites (tertiary alicyclic amines) is 1. The Morgan fingerprint density at radius 3 is 2.91 bits per heavy atom. The van der Waals surface area contributed by atoms with Crippen LogP contribution in [0.25, 0.3) is 0 Å². The minimum atomic E-state index is 0. The lowest BCUT2D eigenvalue weighted by Gasteiger charge is -2.32. The van der Waals surface area contributed by atoms with E-state index in [1.807, 2.05) is 0 Å². The van der Waals surface area contributed by atoms with Crippen LogP contribution in [0.4, 0.5) is 0 Å². The van der Waals surface area contributed by atoms with Crippen molar-refractivity contribution in [3.63, 3.8) is 0 Å². The lowest BCUT2D eigenvalue weighted by molar-refractivity contribution is -0.126. The molecule has 0 bridgehead atoms. The smallest absolute Gasteiger partial charge is 0.224 e. The maximum atomic E-state index is 12.1. The number of aryl methyl sites for hydroxylation is 2. The second kappa shape index (κ2) is 8.67.